The van der Waals surface area contributed by atoms with Gasteiger partial charge in [-0.2, -0.15) is 4.72 Å². The van der Waals surface area contributed by atoms with Crippen molar-refractivity contribution in [1.29, 1.82) is 0 Å². The molecule has 0 unspecified atom stereocenters. The summed E-state index contributed by atoms with van der Waals surface area (Å²) in [4.78, 5) is 12.1. The number of ether oxygens (including phenoxy) is 1. The quantitative estimate of drug-likeness (QED) is 0.755. The van der Waals surface area contributed by atoms with Crippen LogP contribution in [0.15, 0.2) is 23.1 Å². The minimum absolute atomic E-state index is 0.109. The van der Waals surface area contributed by atoms with Crippen molar-refractivity contribution in [2.75, 3.05) is 13.7 Å². The van der Waals surface area contributed by atoms with Crippen LogP contribution in [0.5, 0.6) is 5.75 Å². The van der Waals surface area contributed by atoms with Gasteiger partial charge in [-0.05, 0) is 49.9 Å². The standard InChI is InChI=1S/C16H26N2O4S/c1-11(2)8-9-17-16(19)13(4)18-23(20,21)14-6-7-15(22-5)12(3)10-14/h6-7,10-11,13,18H,8-9H2,1-5H3,(H,17,19)/t13-/m1/s1. The number of rotatable bonds is 8. The van der Waals surface area contributed by atoms with E-state index in [4.69, 9.17) is 4.74 Å². The summed E-state index contributed by atoms with van der Waals surface area (Å²) in [6.45, 7) is 7.94. The van der Waals surface area contributed by atoms with Gasteiger partial charge in [0.05, 0.1) is 18.0 Å². The van der Waals surface area contributed by atoms with Crippen molar-refractivity contribution in [3.05, 3.63) is 23.8 Å². The summed E-state index contributed by atoms with van der Waals surface area (Å²) < 4.78 is 32.2. The summed E-state index contributed by atoms with van der Waals surface area (Å²) in [5, 5.41) is 2.73. The first-order chi connectivity index (χ1) is 10.7. The Morgan fingerprint density at radius 2 is 1.91 bits per heavy atom. The van der Waals surface area contributed by atoms with Crippen LogP contribution in [0, 0.1) is 12.8 Å². The monoisotopic (exact) mass is 342 g/mol. The van der Waals surface area contributed by atoms with E-state index >= 15 is 0 Å². The second-order valence-corrected chi connectivity index (χ2v) is 7.66. The Balaban J connectivity index is 2.74. The van der Waals surface area contributed by atoms with Gasteiger partial charge in [0.2, 0.25) is 15.9 Å². The van der Waals surface area contributed by atoms with Crippen LogP contribution in [0.4, 0.5) is 0 Å². The van der Waals surface area contributed by atoms with Crippen LogP contribution in [0.3, 0.4) is 0 Å². The van der Waals surface area contributed by atoms with Crippen LogP contribution in [0.2, 0.25) is 0 Å². The van der Waals surface area contributed by atoms with Gasteiger partial charge in [-0.3, -0.25) is 4.79 Å². The lowest BCUT2D eigenvalue weighted by atomic mass is 10.1. The third-order valence-corrected chi connectivity index (χ3v) is 4.96. The second kappa shape index (κ2) is 8.31. The van der Waals surface area contributed by atoms with Crippen LogP contribution < -0.4 is 14.8 Å². The maximum Gasteiger partial charge on any atom is 0.241 e. The van der Waals surface area contributed by atoms with Crippen LogP contribution in [0.25, 0.3) is 0 Å². The third kappa shape index (κ3) is 5.84. The summed E-state index contributed by atoms with van der Waals surface area (Å²) in [6.07, 6.45) is 0.850. The molecule has 1 atom stereocenters. The van der Waals surface area contributed by atoms with E-state index in [1.54, 1.807) is 13.0 Å². The van der Waals surface area contributed by atoms with Crippen LogP contribution in [-0.2, 0) is 14.8 Å². The molecule has 1 rings (SSSR count). The Kier molecular flexibility index (Phi) is 7.02. The Morgan fingerprint density at radius 1 is 1.26 bits per heavy atom. The molecule has 0 fully saturated rings. The van der Waals surface area contributed by atoms with Gasteiger partial charge in [0, 0.05) is 6.54 Å². The highest BCUT2D eigenvalue weighted by Crippen LogP contribution is 2.21. The van der Waals surface area contributed by atoms with Crippen LogP contribution in [-0.4, -0.2) is 34.0 Å². The molecule has 0 radical (unpaired) electrons. The Bertz CT molecular complexity index is 641. The summed E-state index contributed by atoms with van der Waals surface area (Å²) in [5.41, 5.74) is 0.712. The van der Waals surface area contributed by atoms with Gasteiger partial charge in [0.25, 0.3) is 0 Å². The molecule has 7 heteroatoms. The highest BCUT2D eigenvalue weighted by molar-refractivity contribution is 7.89. The zero-order valence-corrected chi connectivity index (χ0v) is 15.2. The van der Waals surface area contributed by atoms with Crippen molar-refractivity contribution < 1.29 is 17.9 Å². The van der Waals surface area contributed by atoms with Crippen molar-refractivity contribution in [3.8, 4) is 5.75 Å². The largest absolute Gasteiger partial charge is 0.496 e. The van der Waals surface area contributed by atoms with Crippen LogP contribution >= 0.6 is 0 Å². The molecule has 0 aliphatic carbocycles. The van der Waals surface area contributed by atoms with Crippen molar-refractivity contribution in [1.82, 2.24) is 10.0 Å². The zero-order chi connectivity index (χ0) is 17.6. The number of benzene rings is 1. The summed E-state index contributed by atoms with van der Waals surface area (Å²) in [7, 11) is -2.23. The first-order valence-electron chi connectivity index (χ1n) is 7.62. The van der Waals surface area contributed by atoms with E-state index in [0.717, 1.165) is 6.42 Å². The molecule has 0 aliphatic heterocycles. The number of hydrogen-bond acceptors (Lipinski definition) is 4. The van der Waals surface area contributed by atoms with Crippen LogP contribution in [0.1, 0.15) is 32.8 Å². The molecule has 2 N–H and O–H groups in total. The number of sulfonamides is 1. The Labute approximate surface area is 138 Å². The molecule has 0 spiro atoms. The number of carbonyl (C=O) groups excluding carboxylic acids is 1. The van der Waals surface area contributed by atoms with Crippen molar-refractivity contribution in [2.45, 2.75) is 45.1 Å². The predicted octanol–water partition coefficient (Wildman–Crippen LogP) is 1.83. The third-order valence-electron chi connectivity index (χ3n) is 3.42. The molecule has 0 heterocycles. The predicted molar refractivity (Wildman–Crippen MR) is 90.0 cm³/mol. The topological polar surface area (TPSA) is 84.5 Å². The van der Waals surface area contributed by atoms with Gasteiger partial charge < -0.3 is 10.1 Å². The van der Waals surface area contributed by atoms with Gasteiger partial charge in [0.1, 0.15) is 5.75 Å². The Hall–Kier alpha value is -1.60. The summed E-state index contributed by atoms with van der Waals surface area (Å²) >= 11 is 0. The number of amides is 1. The van der Waals surface area contributed by atoms with E-state index in [1.165, 1.54) is 26.2 Å². The zero-order valence-electron chi connectivity index (χ0n) is 14.3. The van der Waals surface area contributed by atoms with Gasteiger partial charge in [-0.25, -0.2) is 8.42 Å². The molecule has 130 valence electrons. The minimum atomic E-state index is -3.76. The van der Waals surface area contributed by atoms with E-state index < -0.39 is 16.1 Å². The fourth-order valence-corrected chi connectivity index (χ4v) is 3.30. The number of methoxy groups -OCH3 is 1. The molecule has 0 aromatic heterocycles. The maximum atomic E-state index is 12.3. The molecule has 1 aromatic rings. The van der Waals surface area contributed by atoms with E-state index in [-0.39, 0.29) is 10.8 Å². The van der Waals surface area contributed by atoms with Gasteiger partial charge in [0.15, 0.2) is 0 Å². The summed E-state index contributed by atoms with van der Waals surface area (Å²) in [5.74, 6) is 0.757. The first-order valence-corrected chi connectivity index (χ1v) is 9.10. The lowest BCUT2D eigenvalue weighted by Gasteiger charge is -2.15. The number of carbonyl (C=O) groups is 1. The normalized spacial score (nSPS) is 13.0. The minimum Gasteiger partial charge on any atom is -0.496 e. The van der Waals surface area contributed by atoms with E-state index in [0.29, 0.717) is 23.8 Å². The van der Waals surface area contributed by atoms with Crippen molar-refractivity contribution in [3.63, 3.8) is 0 Å². The molecular weight excluding hydrogens is 316 g/mol. The van der Waals surface area contributed by atoms with Crippen molar-refractivity contribution >= 4 is 15.9 Å². The summed E-state index contributed by atoms with van der Waals surface area (Å²) in [6, 6.07) is 3.73. The van der Waals surface area contributed by atoms with E-state index in [1.807, 2.05) is 0 Å². The Morgan fingerprint density at radius 3 is 2.43 bits per heavy atom. The number of aryl methyl sites for hydroxylation is 1. The molecule has 0 bridgehead atoms. The fraction of sp³-hybridized carbons (Fsp3) is 0.562. The molecule has 0 aliphatic rings. The van der Waals surface area contributed by atoms with E-state index in [9.17, 15) is 13.2 Å². The van der Waals surface area contributed by atoms with Gasteiger partial charge >= 0.3 is 0 Å². The lowest BCUT2D eigenvalue weighted by Crippen LogP contribution is -2.45. The molecular formula is C16H26N2O4S. The molecule has 0 saturated carbocycles. The van der Waals surface area contributed by atoms with E-state index in [2.05, 4.69) is 23.9 Å². The SMILES string of the molecule is COc1ccc(S(=O)(=O)N[C@H](C)C(=O)NCCC(C)C)cc1C. The average molecular weight is 342 g/mol. The fourth-order valence-electron chi connectivity index (χ4n) is 2.01. The molecule has 6 nitrogen and oxygen atoms in total. The molecule has 0 saturated heterocycles. The lowest BCUT2D eigenvalue weighted by molar-refractivity contribution is -0.122. The maximum absolute atomic E-state index is 12.3. The molecule has 23 heavy (non-hydrogen) atoms. The number of nitrogens with one attached hydrogen (secondary N) is 2. The number of hydrogen-bond donors (Lipinski definition) is 2. The highest BCUT2D eigenvalue weighted by atomic mass is 32.2. The molecule has 1 amide bonds. The van der Waals surface area contributed by atoms with Gasteiger partial charge in [-0.15, -0.1) is 0 Å². The van der Waals surface area contributed by atoms with Crippen molar-refractivity contribution in [2.24, 2.45) is 5.92 Å². The van der Waals surface area contributed by atoms with Gasteiger partial charge in [-0.1, -0.05) is 13.8 Å². The first kappa shape index (κ1) is 19.4. The average Bonchev–Trinajstić information content (AvgIpc) is 2.46. The molecule has 1 aromatic carbocycles. The smallest absolute Gasteiger partial charge is 0.241 e. The highest BCUT2D eigenvalue weighted by Gasteiger charge is 2.22. The second-order valence-electron chi connectivity index (χ2n) is 5.95.